The third-order valence-electron chi connectivity index (χ3n) is 3.83. The van der Waals surface area contributed by atoms with Gasteiger partial charge in [0.15, 0.2) is 15.8 Å². The highest BCUT2D eigenvalue weighted by Gasteiger charge is 2.06. The Labute approximate surface area is 150 Å². The van der Waals surface area contributed by atoms with Crippen LogP contribution in [0.4, 0.5) is 0 Å². The molecule has 0 heterocycles. The number of nitrogens with one attached hydrogen (secondary N) is 2. The first-order valence-corrected chi connectivity index (χ1v) is 10.2. The Kier molecular flexibility index (Phi) is 7.01. The van der Waals surface area contributed by atoms with Crippen molar-refractivity contribution in [2.75, 3.05) is 26.4 Å². The monoisotopic (exact) mass is 359 g/mol. The summed E-state index contributed by atoms with van der Waals surface area (Å²) in [5, 5.41) is 6.56. The molecular formula is C19H25N3O2S. The van der Waals surface area contributed by atoms with Crippen LogP contribution in [0.25, 0.3) is 0 Å². The fourth-order valence-corrected chi connectivity index (χ4v) is 3.05. The summed E-state index contributed by atoms with van der Waals surface area (Å²) in [6, 6.07) is 17.3. The zero-order chi connectivity index (χ0) is 18.1. The highest BCUT2D eigenvalue weighted by atomic mass is 32.2. The molecule has 0 saturated carbocycles. The van der Waals surface area contributed by atoms with Gasteiger partial charge < -0.3 is 10.6 Å². The zero-order valence-electron chi connectivity index (χ0n) is 14.7. The first-order chi connectivity index (χ1) is 12.0. The quantitative estimate of drug-likeness (QED) is 0.586. The largest absolute Gasteiger partial charge is 0.356 e. The summed E-state index contributed by atoms with van der Waals surface area (Å²) in [4.78, 5) is 4.56. The minimum absolute atomic E-state index is 0.350. The number of hydrogen-bond donors (Lipinski definition) is 2. The topological polar surface area (TPSA) is 70.6 Å². The first-order valence-electron chi connectivity index (χ1n) is 8.26. The maximum atomic E-state index is 11.5. The summed E-state index contributed by atoms with van der Waals surface area (Å²) in [6.45, 7) is 1.54. The van der Waals surface area contributed by atoms with Crippen molar-refractivity contribution < 1.29 is 8.42 Å². The van der Waals surface area contributed by atoms with Crippen LogP contribution in [-0.2, 0) is 22.7 Å². The van der Waals surface area contributed by atoms with Gasteiger partial charge in [0.25, 0.3) is 0 Å². The number of rotatable bonds is 7. The molecule has 134 valence electrons. The molecule has 0 radical (unpaired) electrons. The Morgan fingerprint density at radius 3 is 1.88 bits per heavy atom. The molecule has 0 atom stereocenters. The molecule has 0 aliphatic heterocycles. The lowest BCUT2D eigenvalue weighted by atomic mass is 10.1. The average Bonchev–Trinajstić information content (AvgIpc) is 2.61. The van der Waals surface area contributed by atoms with Crippen molar-refractivity contribution in [2.24, 2.45) is 4.99 Å². The van der Waals surface area contributed by atoms with Crippen LogP contribution >= 0.6 is 0 Å². The van der Waals surface area contributed by atoms with Crippen LogP contribution in [0, 0.1) is 0 Å². The van der Waals surface area contributed by atoms with Crippen molar-refractivity contribution in [2.45, 2.75) is 17.7 Å². The highest BCUT2D eigenvalue weighted by Crippen LogP contribution is 2.10. The van der Waals surface area contributed by atoms with Gasteiger partial charge in [0.05, 0.1) is 4.90 Å². The van der Waals surface area contributed by atoms with Crippen molar-refractivity contribution in [3.05, 3.63) is 65.7 Å². The highest BCUT2D eigenvalue weighted by molar-refractivity contribution is 7.90. The van der Waals surface area contributed by atoms with E-state index < -0.39 is 9.84 Å². The van der Waals surface area contributed by atoms with Gasteiger partial charge >= 0.3 is 0 Å². The van der Waals surface area contributed by atoms with Gasteiger partial charge in [-0.15, -0.1) is 0 Å². The summed E-state index contributed by atoms with van der Waals surface area (Å²) in [7, 11) is -1.39. The summed E-state index contributed by atoms with van der Waals surface area (Å²) in [5.74, 6) is 0.767. The number of nitrogens with zero attached hydrogens (tertiary/aromatic N) is 1. The maximum absolute atomic E-state index is 11.5. The Morgan fingerprint density at radius 2 is 1.40 bits per heavy atom. The number of guanidine groups is 1. The third kappa shape index (κ3) is 6.58. The average molecular weight is 359 g/mol. The Hall–Kier alpha value is -2.34. The van der Waals surface area contributed by atoms with Crippen LogP contribution in [-0.4, -0.2) is 40.8 Å². The second-order valence-electron chi connectivity index (χ2n) is 5.83. The molecule has 0 amide bonds. The van der Waals surface area contributed by atoms with E-state index in [4.69, 9.17) is 0 Å². The molecular weight excluding hydrogens is 334 g/mol. The summed E-state index contributed by atoms with van der Waals surface area (Å²) < 4.78 is 22.9. The molecule has 0 bridgehead atoms. The van der Waals surface area contributed by atoms with E-state index in [1.54, 1.807) is 19.2 Å². The number of benzene rings is 2. The molecule has 2 aromatic rings. The van der Waals surface area contributed by atoms with Gasteiger partial charge in [-0.05, 0) is 36.1 Å². The molecule has 0 saturated heterocycles. The van der Waals surface area contributed by atoms with E-state index in [1.807, 2.05) is 30.3 Å². The third-order valence-corrected chi connectivity index (χ3v) is 4.96. The molecule has 0 unspecified atom stereocenters. The number of sulfone groups is 1. The summed E-state index contributed by atoms with van der Waals surface area (Å²) >= 11 is 0. The SMILES string of the molecule is CN=C(NCCc1ccccc1)NCCc1ccc(S(C)(=O)=O)cc1. The van der Waals surface area contributed by atoms with E-state index in [0.29, 0.717) is 4.90 Å². The van der Waals surface area contributed by atoms with Crippen LogP contribution in [0.3, 0.4) is 0 Å². The van der Waals surface area contributed by atoms with Crippen LogP contribution in [0.1, 0.15) is 11.1 Å². The van der Waals surface area contributed by atoms with E-state index in [9.17, 15) is 8.42 Å². The summed E-state index contributed by atoms with van der Waals surface area (Å²) in [6.07, 6.45) is 2.95. The van der Waals surface area contributed by atoms with Gasteiger partial charge in [0.2, 0.25) is 0 Å². The lowest BCUT2D eigenvalue weighted by Gasteiger charge is -2.12. The molecule has 0 aliphatic rings. The molecule has 5 nitrogen and oxygen atoms in total. The molecule has 6 heteroatoms. The van der Waals surface area contributed by atoms with Crippen molar-refractivity contribution in [3.8, 4) is 0 Å². The van der Waals surface area contributed by atoms with E-state index in [2.05, 4.69) is 27.8 Å². The molecule has 2 aromatic carbocycles. The zero-order valence-corrected chi connectivity index (χ0v) is 15.5. The number of hydrogen-bond acceptors (Lipinski definition) is 3. The Morgan fingerprint density at radius 1 is 0.880 bits per heavy atom. The van der Waals surface area contributed by atoms with Crippen molar-refractivity contribution in [1.29, 1.82) is 0 Å². The second-order valence-corrected chi connectivity index (χ2v) is 7.84. The van der Waals surface area contributed by atoms with Gasteiger partial charge in [-0.3, -0.25) is 4.99 Å². The van der Waals surface area contributed by atoms with E-state index in [1.165, 1.54) is 11.8 Å². The minimum Gasteiger partial charge on any atom is -0.356 e. The van der Waals surface area contributed by atoms with Crippen LogP contribution in [0.2, 0.25) is 0 Å². The van der Waals surface area contributed by atoms with Crippen molar-refractivity contribution >= 4 is 15.8 Å². The normalized spacial score (nSPS) is 12.0. The predicted octanol–water partition coefficient (Wildman–Crippen LogP) is 2.04. The van der Waals surface area contributed by atoms with Crippen molar-refractivity contribution in [1.82, 2.24) is 10.6 Å². The van der Waals surface area contributed by atoms with Crippen LogP contribution in [0.15, 0.2) is 64.5 Å². The molecule has 2 rings (SSSR count). The van der Waals surface area contributed by atoms with E-state index in [0.717, 1.165) is 37.5 Å². The smallest absolute Gasteiger partial charge is 0.190 e. The number of aliphatic imine (C=N–C) groups is 1. The van der Waals surface area contributed by atoms with Gasteiger partial charge in [0.1, 0.15) is 0 Å². The van der Waals surface area contributed by atoms with Crippen LogP contribution in [0.5, 0.6) is 0 Å². The molecule has 0 spiro atoms. The Bertz CT molecular complexity index is 785. The van der Waals surface area contributed by atoms with Crippen molar-refractivity contribution in [3.63, 3.8) is 0 Å². The van der Waals surface area contributed by atoms with Crippen LogP contribution < -0.4 is 10.6 Å². The maximum Gasteiger partial charge on any atom is 0.190 e. The van der Waals surface area contributed by atoms with Gasteiger partial charge in [-0.25, -0.2) is 8.42 Å². The minimum atomic E-state index is -3.14. The predicted molar refractivity (Wildman–Crippen MR) is 103 cm³/mol. The first kappa shape index (κ1) is 19.0. The fraction of sp³-hybridized carbons (Fsp3) is 0.316. The van der Waals surface area contributed by atoms with Gasteiger partial charge in [-0.2, -0.15) is 0 Å². The Balaban J connectivity index is 1.73. The molecule has 25 heavy (non-hydrogen) atoms. The second kappa shape index (κ2) is 9.22. The van der Waals surface area contributed by atoms with E-state index in [-0.39, 0.29) is 0 Å². The molecule has 0 aliphatic carbocycles. The van der Waals surface area contributed by atoms with Gasteiger partial charge in [0, 0.05) is 26.4 Å². The lowest BCUT2D eigenvalue weighted by molar-refractivity contribution is 0.602. The summed E-state index contributed by atoms with van der Waals surface area (Å²) in [5.41, 5.74) is 2.37. The molecule has 0 fully saturated rings. The fourth-order valence-electron chi connectivity index (χ4n) is 2.42. The van der Waals surface area contributed by atoms with Gasteiger partial charge in [-0.1, -0.05) is 42.5 Å². The molecule has 0 aromatic heterocycles. The lowest BCUT2D eigenvalue weighted by Crippen LogP contribution is -2.39. The standard InChI is InChI=1S/C19H25N3O2S/c1-20-19(21-14-12-16-6-4-3-5-7-16)22-15-13-17-8-10-18(11-9-17)25(2,23)24/h3-11H,12-15H2,1-2H3,(H2,20,21,22). The van der Waals surface area contributed by atoms with E-state index >= 15 is 0 Å². The molecule has 2 N–H and O–H groups in total.